The van der Waals surface area contributed by atoms with Crippen LogP contribution in [0.15, 0.2) is 36.7 Å². The summed E-state index contributed by atoms with van der Waals surface area (Å²) in [7, 11) is 0. The molecule has 7 nitrogen and oxygen atoms in total. The summed E-state index contributed by atoms with van der Waals surface area (Å²) in [6.07, 6.45) is -2.66. The Balaban J connectivity index is 1.56. The number of alkyl halides is 5. The highest BCUT2D eigenvalue weighted by atomic mass is 19.4. The van der Waals surface area contributed by atoms with Crippen LogP contribution in [0.2, 0.25) is 0 Å². The van der Waals surface area contributed by atoms with Crippen molar-refractivity contribution in [1.82, 2.24) is 20.0 Å². The lowest BCUT2D eigenvalue weighted by atomic mass is 10.1. The first-order valence-corrected chi connectivity index (χ1v) is 9.02. The van der Waals surface area contributed by atoms with Crippen LogP contribution in [0, 0.1) is 11.3 Å². The molecule has 2 heterocycles. The number of nitrogens with one attached hydrogen (secondary N) is 1. The van der Waals surface area contributed by atoms with E-state index in [1.165, 1.54) is 29.2 Å². The fraction of sp³-hybridized carbons (Fsp3) is 0.368. The van der Waals surface area contributed by atoms with Crippen LogP contribution < -0.4 is 5.32 Å². The van der Waals surface area contributed by atoms with Crippen molar-refractivity contribution in [1.29, 1.82) is 5.26 Å². The zero-order valence-electron chi connectivity index (χ0n) is 15.9. The Morgan fingerprint density at radius 1 is 1.26 bits per heavy atom. The van der Waals surface area contributed by atoms with Crippen molar-refractivity contribution in [3.05, 3.63) is 53.3 Å². The van der Waals surface area contributed by atoms with Crippen LogP contribution in [0.25, 0.3) is 0 Å². The van der Waals surface area contributed by atoms with Gasteiger partial charge in [-0.15, -0.1) is 0 Å². The Hall–Kier alpha value is -3.49. The third kappa shape index (κ3) is 5.36. The summed E-state index contributed by atoms with van der Waals surface area (Å²) in [6.45, 7) is -1.35. The topological polar surface area (TPSA) is 91.0 Å². The minimum absolute atomic E-state index is 0.0725. The van der Waals surface area contributed by atoms with Gasteiger partial charge in [-0.05, 0) is 17.7 Å². The van der Waals surface area contributed by atoms with Crippen LogP contribution in [0.3, 0.4) is 0 Å². The standard InChI is InChI=1S/C19H16F5N5O2/c20-18(21)5-15(6-25)29(11-18)16(30)8-26-17(31)13-7-27-28(10-13)9-12-1-3-14(4-2-12)19(22,23)24/h1-4,7,10,15H,5,8-9,11H2,(H,26,31)/t15-/m0/s1. The van der Waals surface area contributed by atoms with E-state index in [2.05, 4.69) is 10.4 Å². The van der Waals surface area contributed by atoms with E-state index in [0.29, 0.717) is 5.56 Å². The number of benzene rings is 1. The van der Waals surface area contributed by atoms with Crippen molar-refractivity contribution in [2.24, 2.45) is 0 Å². The molecule has 0 bridgehead atoms. The highest BCUT2D eigenvalue weighted by Crippen LogP contribution is 2.31. The molecule has 3 rings (SSSR count). The van der Waals surface area contributed by atoms with Gasteiger partial charge in [0.2, 0.25) is 5.91 Å². The number of carbonyl (C=O) groups is 2. The van der Waals surface area contributed by atoms with Crippen LogP contribution in [-0.2, 0) is 17.5 Å². The number of likely N-dealkylation sites (tertiary alicyclic amines) is 1. The molecular weight excluding hydrogens is 425 g/mol. The number of carbonyl (C=O) groups excluding carboxylic acids is 2. The molecular formula is C19H16F5N5O2. The molecule has 0 aliphatic carbocycles. The number of halogens is 5. The van der Waals surface area contributed by atoms with Crippen LogP contribution in [0.1, 0.15) is 27.9 Å². The summed E-state index contributed by atoms with van der Waals surface area (Å²) >= 11 is 0. The molecule has 1 atom stereocenters. The number of hydrogen-bond donors (Lipinski definition) is 1. The number of amides is 2. The Morgan fingerprint density at radius 3 is 2.55 bits per heavy atom. The predicted octanol–water partition coefficient (Wildman–Crippen LogP) is 2.44. The zero-order valence-corrected chi connectivity index (χ0v) is 15.9. The SMILES string of the molecule is N#C[C@@H]1CC(F)(F)CN1C(=O)CNC(=O)c1cnn(Cc2ccc(C(F)(F)F)cc2)c1. The molecule has 0 spiro atoms. The van der Waals surface area contributed by atoms with Crippen LogP contribution in [0.5, 0.6) is 0 Å². The van der Waals surface area contributed by atoms with E-state index in [1.807, 2.05) is 0 Å². The summed E-state index contributed by atoms with van der Waals surface area (Å²) in [5.74, 6) is -4.65. The number of rotatable bonds is 5. The molecule has 164 valence electrons. The molecule has 1 fully saturated rings. The number of hydrogen-bond acceptors (Lipinski definition) is 4. The van der Waals surface area contributed by atoms with Crippen molar-refractivity contribution in [3.8, 4) is 6.07 Å². The lowest BCUT2D eigenvalue weighted by Crippen LogP contribution is -2.42. The fourth-order valence-corrected chi connectivity index (χ4v) is 3.11. The fourth-order valence-electron chi connectivity index (χ4n) is 3.11. The monoisotopic (exact) mass is 441 g/mol. The largest absolute Gasteiger partial charge is 0.416 e. The Labute approximate surface area is 173 Å². The van der Waals surface area contributed by atoms with Crippen LogP contribution in [0.4, 0.5) is 22.0 Å². The maximum atomic E-state index is 13.4. The highest BCUT2D eigenvalue weighted by molar-refractivity contribution is 5.96. The second kappa shape index (κ2) is 8.33. The van der Waals surface area contributed by atoms with Crippen molar-refractivity contribution >= 4 is 11.8 Å². The molecule has 2 amide bonds. The molecule has 31 heavy (non-hydrogen) atoms. The Morgan fingerprint density at radius 2 is 1.94 bits per heavy atom. The average Bonchev–Trinajstić information content (AvgIpc) is 3.29. The van der Waals surface area contributed by atoms with E-state index in [-0.39, 0.29) is 12.1 Å². The van der Waals surface area contributed by atoms with E-state index >= 15 is 0 Å². The van der Waals surface area contributed by atoms with Gasteiger partial charge >= 0.3 is 6.18 Å². The van der Waals surface area contributed by atoms with E-state index in [9.17, 15) is 31.5 Å². The van der Waals surface area contributed by atoms with Gasteiger partial charge in [0.15, 0.2) is 0 Å². The van der Waals surface area contributed by atoms with Gasteiger partial charge in [0.1, 0.15) is 6.04 Å². The van der Waals surface area contributed by atoms with Crippen molar-refractivity contribution in [2.45, 2.75) is 31.1 Å². The maximum Gasteiger partial charge on any atom is 0.416 e. The molecule has 0 unspecified atom stereocenters. The van der Waals surface area contributed by atoms with Gasteiger partial charge in [-0.25, -0.2) is 8.78 Å². The van der Waals surface area contributed by atoms with Gasteiger partial charge in [0, 0.05) is 12.6 Å². The summed E-state index contributed by atoms with van der Waals surface area (Å²) in [4.78, 5) is 25.0. The molecule has 0 saturated carbocycles. The quantitative estimate of drug-likeness (QED) is 0.722. The van der Waals surface area contributed by atoms with Crippen molar-refractivity contribution < 1.29 is 31.5 Å². The van der Waals surface area contributed by atoms with Crippen molar-refractivity contribution in [2.75, 3.05) is 13.1 Å². The van der Waals surface area contributed by atoms with Crippen LogP contribution in [-0.4, -0.2) is 51.5 Å². The third-order valence-electron chi connectivity index (χ3n) is 4.66. The molecule has 1 aromatic carbocycles. The zero-order chi connectivity index (χ0) is 22.8. The second-order valence-electron chi connectivity index (χ2n) is 7.03. The van der Waals surface area contributed by atoms with E-state index in [0.717, 1.165) is 17.0 Å². The summed E-state index contributed by atoms with van der Waals surface area (Å²) in [5.41, 5.74) is -0.185. The molecule has 1 aliphatic rings. The first-order valence-electron chi connectivity index (χ1n) is 9.02. The second-order valence-corrected chi connectivity index (χ2v) is 7.03. The smallest absolute Gasteiger partial charge is 0.343 e. The van der Waals surface area contributed by atoms with Gasteiger partial charge in [0.25, 0.3) is 11.8 Å². The van der Waals surface area contributed by atoms with Crippen molar-refractivity contribution in [3.63, 3.8) is 0 Å². The molecule has 1 saturated heterocycles. The lowest BCUT2D eigenvalue weighted by Gasteiger charge is -2.19. The highest BCUT2D eigenvalue weighted by Gasteiger charge is 2.47. The molecule has 0 radical (unpaired) electrons. The first kappa shape index (κ1) is 22.2. The molecule has 1 aliphatic heterocycles. The number of nitriles is 1. The number of aromatic nitrogens is 2. The maximum absolute atomic E-state index is 13.4. The molecule has 2 aromatic rings. The summed E-state index contributed by atoms with van der Waals surface area (Å²) in [6, 6.07) is 4.85. The minimum Gasteiger partial charge on any atom is -0.343 e. The van der Waals surface area contributed by atoms with Crippen LogP contribution >= 0.6 is 0 Å². The molecule has 1 aromatic heterocycles. The number of nitrogens with zero attached hydrogens (tertiary/aromatic N) is 4. The van der Waals surface area contributed by atoms with Gasteiger partial charge in [0.05, 0.1) is 43.0 Å². The average molecular weight is 441 g/mol. The summed E-state index contributed by atoms with van der Waals surface area (Å²) < 4.78 is 66.0. The van der Waals surface area contributed by atoms with Gasteiger partial charge in [-0.3, -0.25) is 14.3 Å². The normalized spacial score (nSPS) is 17.9. The van der Waals surface area contributed by atoms with E-state index in [1.54, 1.807) is 6.07 Å². The third-order valence-corrected chi connectivity index (χ3v) is 4.66. The molecule has 12 heteroatoms. The van der Waals surface area contributed by atoms with Gasteiger partial charge in [-0.2, -0.15) is 23.5 Å². The first-order chi connectivity index (χ1) is 14.5. The minimum atomic E-state index is -4.44. The Kier molecular flexibility index (Phi) is 5.97. The summed E-state index contributed by atoms with van der Waals surface area (Å²) in [5, 5.41) is 15.2. The van der Waals surface area contributed by atoms with Gasteiger partial charge < -0.3 is 10.2 Å². The van der Waals surface area contributed by atoms with E-state index < -0.39 is 55.0 Å². The van der Waals surface area contributed by atoms with Gasteiger partial charge in [-0.1, -0.05) is 12.1 Å². The lowest BCUT2D eigenvalue weighted by molar-refractivity contribution is -0.137. The molecule has 1 N–H and O–H groups in total. The Bertz CT molecular complexity index is 1010. The predicted molar refractivity (Wildman–Crippen MR) is 95.8 cm³/mol. The van der Waals surface area contributed by atoms with E-state index in [4.69, 9.17) is 5.26 Å².